The van der Waals surface area contributed by atoms with Crippen LogP contribution in [0.15, 0.2) is 42.1 Å². The maximum atomic E-state index is 12.2. The molecule has 1 aromatic carbocycles. The minimum atomic E-state index is -0.287. The fraction of sp³-hybridized carbons (Fsp3) is 0.400. The van der Waals surface area contributed by atoms with Gasteiger partial charge < -0.3 is 19.8 Å². The molecule has 7 heteroatoms. The molecule has 1 aliphatic rings. The van der Waals surface area contributed by atoms with Crippen LogP contribution < -0.4 is 5.32 Å². The Bertz CT molecular complexity index is 815. The minimum Gasteiger partial charge on any atom is -0.465 e. The molecular weight excluding hydrogens is 368 g/mol. The summed E-state index contributed by atoms with van der Waals surface area (Å²) in [6.45, 7) is 3.55. The number of para-hydroxylation sites is 1. The topological polar surface area (TPSA) is 80.4 Å². The van der Waals surface area contributed by atoms with E-state index in [0.29, 0.717) is 13.2 Å². The monoisotopic (exact) mass is 392 g/mol. The molecule has 146 valence electrons. The highest BCUT2D eigenvalue weighted by Crippen LogP contribution is 2.19. The van der Waals surface area contributed by atoms with E-state index >= 15 is 0 Å². The van der Waals surface area contributed by atoms with Crippen molar-refractivity contribution >= 4 is 35.2 Å². The molecule has 2 N–H and O–H groups in total. The van der Waals surface area contributed by atoms with Crippen molar-refractivity contribution in [2.75, 3.05) is 26.3 Å². The summed E-state index contributed by atoms with van der Waals surface area (Å²) in [5.41, 5.74) is 3.02. The summed E-state index contributed by atoms with van der Waals surface area (Å²) in [5.74, 6) is -0.347. The van der Waals surface area contributed by atoms with Crippen molar-refractivity contribution in [2.45, 2.75) is 19.8 Å². The lowest BCUT2D eigenvalue weighted by molar-refractivity contribution is -0.144. The average Bonchev–Trinajstić information content (AvgIpc) is 2.88. The number of aromatic amines is 1. The third-order valence-electron chi connectivity index (χ3n) is 4.47. The van der Waals surface area contributed by atoms with Gasteiger partial charge in [-0.3, -0.25) is 9.59 Å². The maximum Gasteiger partial charge on any atom is 0.310 e. The number of hydrogen-bond acceptors (Lipinski definition) is 5. The van der Waals surface area contributed by atoms with Crippen LogP contribution >= 0.6 is 12.4 Å². The molecule has 0 fully saturated rings. The Kier molecular flexibility index (Phi) is 7.88. The first-order chi connectivity index (χ1) is 12.6. The van der Waals surface area contributed by atoms with Crippen LogP contribution in [0.3, 0.4) is 0 Å². The van der Waals surface area contributed by atoms with E-state index in [4.69, 9.17) is 9.47 Å². The molecule has 1 aromatic heterocycles. The van der Waals surface area contributed by atoms with Crippen LogP contribution in [0.4, 0.5) is 0 Å². The second-order valence-electron chi connectivity index (χ2n) is 6.59. The standard InChI is InChI=1S/C20H24N2O4.ClH/c1-14(23)25-12-15-6-7-21-10-16(8-15)13-26-20(24)9-17-11-22-19-5-3-2-4-18(17)19;/h2-6,11,16,21-22H,7-10,12-13H2,1H3;1H. The predicted octanol–water partition coefficient (Wildman–Crippen LogP) is 2.77. The van der Waals surface area contributed by atoms with E-state index in [1.54, 1.807) is 0 Å². The van der Waals surface area contributed by atoms with E-state index < -0.39 is 0 Å². The van der Waals surface area contributed by atoms with E-state index in [1.165, 1.54) is 6.92 Å². The van der Waals surface area contributed by atoms with Crippen LogP contribution in [0.1, 0.15) is 18.9 Å². The second kappa shape index (κ2) is 10.1. The summed E-state index contributed by atoms with van der Waals surface area (Å²) >= 11 is 0. The zero-order valence-corrected chi connectivity index (χ0v) is 16.1. The highest BCUT2D eigenvalue weighted by molar-refractivity contribution is 5.87. The van der Waals surface area contributed by atoms with Crippen molar-refractivity contribution in [3.05, 3.63) is 47.7 Å². The van der Waals surface area contributed by atoms with Crippen molar-refractivity contribution in [2.24, 2.45) is 5.92 Å². The number of carbonyl (C=O) groups excluding carboxylic acids is 2. The van der Waals surface area contributed by atoms with E-state index in [1.807, 2.05) is 36.5 Å². The molecule has 1 aliphatic heterocycles. The Hall–Kier alpha value is -2.31. The molecule has 2 aromatic rings. The second-order valence-corrected chi connectivity index (χ2v) is 6.59. The largest absolute Gasteiger partial charge is 0.465 e. The Morgan fingerprint density at radius 3 is 2.85 bits per heavy atom. The van der Waals surface area contributed by atoms with Crippen LogP contribution in [0.25, 0.3) is 10.9 Å². The number of esters is 2. The van der Waals surface area contributed by atoms with Gasteiger partial charge in [-0.25, -0.2) is 0 Å². The van der Waals surface area contributed by atoms with Crippen LogP contribution in [0.5, 0.6) is 0 Å². The van der Waals surface area contributed by atoms with Crippen LogP contribution in [-0.4, -0.2) is 43.2 Å². The molecule has 0 amide bonds. The number of aromatic nitrogens is 1. The number of ether oxygens (including phenoxy) is 2. The van der Waals surface area contributed by atoms with Gasteiger partial charge in [0.1, 0.15) is 6.61 Å². The van der Waals surface area contributed by atoms with Crippen LogP contribution in [0, 0.1) is 5.92 Å². The molecule has 0 saturated carbocycles. The number of fused-ring (bicyclic) bond motifs is 1. The number of rotatable bonds is 6. The van der Waals surface area contributed by atoms with Crippen LogP contribution in [-0.2, 0) is 25.5 Å². The van der Waals surface area contributed by atoms with Crippen molar-refractivity contribution in [1.29, 1.82) is 0 Å². The molecular formula is C20H25ClN2O4. The van der Waals surface area contributed by atoms with Crippen molar-refractivity contribution in [1.82, 2.24) is 10.3 Å². The Balaban J connectivity index is 0.00000261. The molecule has 1 atom stereocenters. The van der Waals surface area contributed by atoms with E-state index in [2.05, 4.69) is 10.3 Å². The van der Waals surface area contributed by atoms with Crippen molar-refractivity contribution in [3.63, 3.8) is 0 Å². The van der Waals surface area contributed by atoms with E-state index in [-0.39, 0.29) is 36.7 Å². The highest BCUT2D eigenvalue weighted by atomic mass is 35.5. The van der Waals surface area contributed by atoms with E-state index in [0.717, 1.165) is 41.5 Å². The number of hydrogen-bond donors (Lipinski definition) is 2. The molecule has 0 bridgehead atoms. The summed E-state index contributed by atoms with van der Waals surface area (Å²) in [6.07, 6.45) is 4.90. The summed E-state index contributed by atoms with van der Waals surface area (Å²) in [4.78, 5) is 26.4. The first kappa shape index (κ1) is 21.0. The van der Waals surface area contributed by atoms with Crippen molar-refractivity contribution < 1.29 is 19.1 Å². The van der Waals surface area contributed by atoms with Gasteiger partial charge in [-0.1, -0.05) is 24.3 Å². The van der Waals surface area contributed by atoms with Gasteiger partial charge in [0.25, 0.3) is 0 Å². The Morgan fingerprint density at radius 2 is 2.04 bits per heavy atom. The molecule has 2 heterocycles. The summed E-state index contributed by atoms with van der Waals surface area (Å²) < 4.78 is 10.6. The fourth-order valence-corrected chi connectivity index (χ4v) is 3.16. The molecule has 0 spiro atoms. The van der Waals surface area contributed by atoms with Gasteiger partial charge in [-0.05, 0) is 23.6 Å². The fourth-order valence-electron chi connectivity index (χ4n) is 3.16. The van der Waals surface area contributed by atoms with Gasteiger partial charge in [0.15, 0.2) is 0 Å². The number of halogens is 1. The molecule has 0 saturated heterocycles. The lowest BCUT2D eigenvalue weighted by Gasteiger charge is -2.16. The first-order valence-corrected chi connectivity index (χ1v) is 8.84. The molecule has 1 unspecified atom stereocenters. The van der Waals surface area contributed by atoms with Gasteiger partial charge in [-0.2, -0.15) is 0 Å². The van der Waals surface area contributed by atoms with Crippen molar-refractivity contribution in [3.8, 4) is 0 Å². The lowest BCUT2D eigenvalue weighted by Crippen LogP contribution is -2.26. The quantitative estimate of drug-likeness (QED) is 0.583. The number of nitrogens with one attached hydrogen (secondary N) is 2. The molecule has 0 aliphatic carbocycles. The van der Waals surface area contributed by atoms with E-state index in [9.17, 15) is 9.59 Å². The SMILES string of the molecule is CC(=O)OCC1=CCNCC(COC(=O)Cc2c[nH]c3ccccc23)C1.Cl. The zero-order chi connectivity index (χ0) is 18.4. The van der Waals surface area contributed by atoms with Crippen LogP contribution in [0.2, 0.25) is 0 Å². The number of H-pyrrole nitrogens is 1. The maximum absolute atomic E-state index is 12.2. The average molecular weight is 393 g/mol. The molecule has 3 rings (SSSR count). The molecule has 6 nitrogen and oxygen atoms in total. The normalized spacial score (nSPS) is 16.8. The third kappa shape index (κ3) is 6.12. The zero-order valence-electron chi connectivity index (χ0n) is 15.3. The van der Waals surface area contributed by atoms with Gasteiger partial charge in [0, 0.05) is 43.0 Å². The lowest BCUT2D eigenvalue weighted by atomic mass is 10.0. The van der Waals surface area contributed by atoms with Gasteiger partial charge in [-0.15, -0.1) is 12.4 Å². The Labute approximate surface area is 164 Å². The van der Waals surface area contributed by atoms with Gasteiger partial charge in [0.05, 0.1) is 13.0 Å². The summed E-state index contributed by atoms with van der Waals surface area (Å²) in [7, 11) is 0. The predicted molar refractivity (Wildman–Crippen MR) is 106 cm³/mol. The van der Waals surface area contributed by atoms with Gasteiger partial charge >= 0.3 is 11.9 Å². The van der Waals surface area contributed by atoms with Gasteiger partial charge in [0.2, 0.25) is 0 Å². The minimum absolute atomic E-state index is 0. The number of carbonyl (C=O) groups is 2. The smallest absolute Gasteiger partial charge is 0.310 e. The highest BCUT2D eigenvalue weighted by Gasteiger charge is 2.18. The first-order valence-electron chi connectivity index (χ1n) is 8.84. The molecule has 27 heavy (non-hydrogen) atoms. The number of benzene rings is 1. The summed E-state index contributed by atoms with van der Waals surface area (Å²) in [5, 5.41) is 4.34. The third-order valence-corrected chi connectivity index (χ3v) is 4.47. The molecule has 0 radical (unpaired) electrons. The Morgan fingerprint density at radius 1 is 1.22 bits per heavy atom. The summed E-state index contributed by atoms with van der Waals surface area (Å²) in [6, 6.07) is 7.90.